The first-order valence-electron chi connectivity index (χ1n) is 6.49. The van der Waals surface area contributed by atoms with Crippen LogP contribution in [-0.4, -0.2) is 44.5 Å². The van der Waals surface area contributed by atoms with Crippen LogP contribution in [0.25, 0.3) is 0 Å². The summed E-state index contributed by atoms with van der Waals surface area (Å²) in [4.78, 5) is 36.4. The minimum absolute atomic E-state index is 0.0191. The molecule has 116 valence electrons. The molecule has 1 fully saturated rings. The number of rotatable bonds is 5. The van der Waals surface area contributed by atoms with Crippen molar-refractivity contribution in [2.45, 2.75) is 37.7 Å². The predicted octanol–water partition coefficient (Wildman–Crippen LogP) is -2.40. The van der Waals surface area contributed by atoms with E-state index in [0.29, 0.717) is 0 Å². The fraction of sp³-hybridized carbons (Fsp3) is 0.583. The van der Waals surface area contributed by atoms with Gasteiger partial charge >= 0.3 is 5.69 Å². The Hall–Kier alpha value is -1.97. The molecule has 1 amide bonds. The number of aliphatic hydroxyl groups excluding tert-OH is 2. The molecule has 1 aliphatic heterocycles. The highest BCUT2D eigenvalue weighted by Crippen LogP contribution is 2.27. The Labute approximate surface area is 119 Å². The summed E-state index contributed by atoms with van der Waals surface area (Å²) in [7, 11) is 0. The van der Waals surface area contributed by atoms with E-state index in [2.05, 4.69) is 4.98 Å². The van der Waals surface area contributed by atoms with Gasteiger partial charge in [0.15, 0.2) is 0 Å². The Kier molecular flexibility index (Phi) is 4.56. The highest BCUT2D eigenvalue weighted by Gasteiger charge is 2.35. The lowest BCUT2D eigenvalue weighted by Gasteiger charge is -2.15. The number of H-pyrrole nitrogens is 1. The van der Waals surface area contributed by atoms with Crippen molar-refractivity contribution in [1.29, 1.82) is 0 Å². The number of hydrogen-bond acceptors (Lipinski definition) is 6. The third kappa shape index (κ3) is 3.38. The summed E-state index contributed by atoms with van der Waals surface area (Å²) < 4.78 is 6.50. The second-order valence-corrected chi connectivity index (χ2v) is 4.90. The minimum atomic E-state index is -0.895. The lowest BCUT2D eigenvalue weighted by molar-refractivity contribution is -0.117. The number of ether oxygens (including phenoxy) is 1. The summed E-state index contributed by atoms with van der Waals surface area (Å²) in [6.07, 6.45) is -0.962. The maximum Gasteiger partial charge on any atom is 0.330 e. The molecule has 0 bridgehead atoms. The molecule has 9 nitrogen and oxygen atoms in total. The second kappa shape index (κ2) is 6.20. The summed E-state index contributed by atoms with van der Waals surface area (Å²) in [6, 6.07) is 0. The smallest absolute Gasteiger partial charge is 0.330 e. The second-order valence-electron chi connectivity index (χ2n) is 4.90. The summed E-state index contributed by atoms with van der Waals surface area (Å²) in [5.41, 5.74) is 3.98. The van der Waals surface area contributed by atoms with Crippen LogP contribution in [0.2, 0.25) is 0 Å². The number of nitrogens with zero attached hydrogens (tertiary/aromatic N) is 1. The van der Waals surface area contributed by atoms with E-state index in [1.165, 1.54) is 6.20 Å². The monoisotopic (exact) mass is 299 g/mol. The zero-order valence-corrected chi connectivity index (χ0v) is 11.2. The van der Waals surface area contributed by atoms with Gasteiger partial charge in [0.25, 0.3) is 5.56 Å². The van der Waals surface area contributed by atoms with Crippen molar-refractivity contribution in [2.24, 2.45) is 5.73 Å². The van der Waals surface area contributed by atoms with Gasteiger partial charge in [-0.15, -0.1) is 0 Å². The van der Waals surface area contributed by atoms with E-state index in [1.807, 2.05) is 0 Å². The zero-order chi connectivity index (χ0) is 15.6. The van der Waals surface area contributed by atoms with Crippen molar-refractivity contribution < 1.29 is 19.7 Å². The van der Waals surface area contributed by atoms with Gasteiger partial charge in [0.1, 0.15) is 12.3 Å². The lowest BCUT2D eigenvalue weighted by atomic mass is 10.1. The zero-order valence-electron chi connectivity index (χ0n) is 11.2. The van der Waals surface area contributed by atoms with Gasteiger partial charge in [-0.05, 0) is 6.42 Å². The molecular formula is C12H17N3O6. The van der Waals surface area contributed by atoms with Crippen molar-refractivity contribution in [1.82, 2.24) is 9.55 Å². The molecule has 1 aliphatic rings. The number of nitrogens with two attached hydrogens (primary N) is 1. The molecule has 0 aromatic carbocycles. The average molecular weight is 299 g/mol. The van der Waals surface area contributed by atoms with Gasteiger partial charge in [0, 0.05) is 24.6 Å². The van der Waals surface area contributed by atoms with E-state index in [9.17, 15) is 19.5 Å². The van der Waals surface area contributed by atoms with Crippen molar-refractivity contribution in [2.75, 3.05) is 6.61 Å². The van der Waals surface area contributed by atoms with Crippen molar-refractivity contribution in [3.05, 3.63) is 32.6 Å². The molecule has 0 spiro atoms. The van der Waals surface area contributed by atoms with Crippen molar-refractivity contribution in [3.63, 3.8) is 0 Å². The molecule has 2 rings (SSSR count). The Morgan fingerprint density at radius 1 is 1.52 bits per heavy atom. The van der Waals surface area contributed by atoms with E-state index >= 15 is 0 Å². The summed E-state index contributed by atoms with van der Waals surface area (Å²) in [5, 5.41) is 18.7. The van der Waals surface area contributed by atoms with Crippen LogP contribution in [0.15, 0.2) is 15.8 Å². The number of amides is 1. The van der Waals surface area contributed by atoms with Gasteiger partial charge in [-0.2, -0.15) is 0 Å². The van der Waals surface area contributed by atoms with E-state index in [1.54, 1.807) is 0 Å². The van der Waals surface area contributed by atoms with Crippen LogP contribution >= 0.6 is 0 Å². The maximum atomic E-state index is 11.8. The van der Waals surface area contributed by atoms with Gasteiger partial charge in [-0.3, -0.25) is 19.1 Å². The average Bonchev–Trinajstić information content (AvgIpc) is 2.78. The molecule has 0 aliphatic carbocycles. The molecule has 5 N–H and O–H groups in total. The molecule has 9 heteroatoms. The molecule has 1 saturated heterocycles. The molecule has 2 heterocycles. The number of carbonyl (C=O) groups excluding carboxylic acids is 1. The van der Waals surface area contributed by atoms with Gasteiger partial charge < -0.3 is 20.7 Å². The van der Waals surface area contributed by atoms with E-state index < -0.39 is 35.6 Å². The van der Waals surface area contributed by atoms with Gasteiger partial charge in [0.2, 0.25) is 5.91 Å². The number of aromatic amines is 1. The highest BCUT2D eigenvalue weighted by atomic mass is 16.5. The quantitative estimate of drug-likeness (QED) is 0.476. The van der Waals surface area contributed by atoms with E-state index in [4.69, 9.17) is 15.6 Å². The molecule has 0 radical (unpaired) electrons. The van der Waals surface area contributed by atoms with E-state index in [0.717, 1.165) is 4.57 Å². The Balaban J connectivity index is 2.28. The van der Waals surface area contributed by atoms with Crippen molar-refractivity contribution >= 4 is 5.91 Å². The van der Waals surface area contributed by atoms with Crippen LogP contribution < -0.4 is 17.0 Å². The normalized spacial score (nSPS) is 25.1. The number of nitrogens with one attached hydrogen (secondary N) is 1. The van der Waals surface area contributed by atoms with Gasteiger partial charge in [0.05, 0.1) is 12.7 Å². The van der Waals surface area contributed by atoms with Crippen LogP contribution in [-0.2, 0) is 16.0 Å². The van der Waals surface area contributed by atoms with Crippen LogP contribution in [0.5, 0.6) is 0 Å². The maximum absolute atomic E-state index is 11.8. The van der Waals surface area contributed by atoms with Gasteiger partial charge in [-0.25, -0.2) is 4.79 Å². The lowest BCUT2D eigenvalue weighted by Crippen LogP contribution is -2.34. The Morgan fingerprint density at radius 3 is 2.81 bits per heavy atom. The van der Waals surface area contributed by atoms with Crippen LogP contribution in [0, 0.1) is 0 Å². The first kappa shape index (κ1) is 15.4. The molecule has 21 heavy (non-hydrogen) atoms. The van der Waals surface area contributed by atoms with Crippen LogP contribution in [0.1, 0.15) is 24.6 Å². The minimum Gasteiger partial charge on any atom is -0.394 e. The number of primary amides is 1. The third-order valence-corrected chi connectivity index (χ3v) is 3.38. The van der Waals surface area contributed by atoms with E-state index in [-0.39, 0.29) is 31.4 Å². The van der Waals surface area contributed by atoms with Crippen LogP contribution in [0.4, 0.5) is 0 Å². The number of aromatic nitrogens is 2. The standard InChI is InChI=1S/C12H17N3O6/c13-9(18)2-1-6-4-15(12(20)14-11(6)19)10-3-7(17)8(5-16)21-10/h4,7-8,10,16-17H,1-3,5H2,(H2,13,18)(H,14,19,20)/t7?,8-,10-/m0/s1. The first-order chi connectivity index (χ1) is 9.92. The summed E-state index contributed by atoms with van der Waals surface area (Å²) in [6.45, 7) is -0.371. The third-order valence-electron chi connectivity index (χ3n) is 3.38. The fourth-order valence-electron chi connectivity index (χ4n) is 2.23. The summed E-state index contributed by atoms with van der Waals surface area (Å²) in [5.74, 6) is -0.556. The number of aryl methyl sites for hydroxylation is 1. The molecule has 1 aromatic heterocycles. The fourth-order valence-corrected chi connectivity index (χ4v) is 2.23. The number of hydrogen-bond donors (Lipinski definition) is 4. The summed E-state index contributed by atoms with van der Waals surface area (Å²) >= 11 is 0. The van der Waals surface area contributed by atoms with Crippen molar-refractivity contribution in [3.8, 4) is 0 Å². The molecule has 0 saturated carbocycles. The SMILES string of the molecule is NC(=O)CCc1cn([C@@H]2CC(O)[C@H](CO)O2)c(=O)[nH]c1=O. The number of aliphatic hydroxyl groups is 2. The molecular weight excluding hydrogens is 282 g/mol. The molecule has 1 unspecified atom stereocenters. The Morgan fingerprint density at radius 2 is 2.24 bits per heavy atom. The van der Waals surface area contributed by atoms with Gasteiger partial charge in [-0.1, -0.05) is 0 Å². The first-order valence-corrected chi connectivity index (χ1v) is 6.49. The largest absolute Gasteiger partial charge is 0.394 e. The molecule has 1 aromatic rings. The van der Waals surface area contributed by atoms with Crippen LogP contribution in [0.3, 0.4) is 0 Å². The highest BCUT2D eigenvalue weighted by molar-refractivity contribution is 5.73. The number of carbonyl (C=O) groups is 1. The molecule has 3 atom stereocenters. The Bertz CT molecular complexity index is 637. The predicted molar refractivity (Wildman–Crippen MR) is 70.5 cm³/mol. The topological polar surface area (TPSA) is 148 Å².